The lowest BCUT2D eigenvalue weighted by molar-refractivity contribution is 0.735. The van der Waals surface area contributed by atoms with E-state index in [9.17, 15) is 0 Å². The fraction of sp³-hybridized carbons (Fsp3) is 0.250. The van der Waals surface area contributed by atoms with Gasteiger partial charge in [-0.2, -0.15) is 0 Å². The molecule has 0 radical (unpaired) electrons. The van der Waals surface area contributed by atoms with Crippen molar-refractivity contribution in [3.8, 4) is 0 Å². The topological polar surface area (TPSA) is 30.9 Å². The number of halogens is 1. The Morgan fingerprint density at radius 3 is 2.80 bits per heavy atom. The van der Waals surface area contributed by atoms with Gasteiger partial charge in [0.25, 0.3) is 0 Å². The minimum atomic E-state index is 0.183. The molecule has 0 aliphatic heterocycles. The number of nitrogens with two attached hydrogens (primary N) is 1. The molecule has 0 bridgehead atoms. The molecular weight excluding hydrogens is 332 g/mol. The minimum absolute atomic E-state index is 0.183. The summed E-state index contributed by atoms with van der Waals surface area (Å²) in [5.74, 6) is 0. The summed E-state index contributed by atoms with van der Waals surface area (Å²) < 4.78 is 3.51. The summed E-state index contributed by atoms with van der Waals surface area (Å²) in [6.45, 7) is 2.96. The van der Waals surface area contributed by atoms with Crippen LogP contribution in [0.15, 0.2) is 46.4 Å². The molecule has 2 nitrogen and oxygen atoms in total. The third-order valence-corrected chi connectivity index (χ3v) is 5.33. The third kappa shape index (κ3) is 2.68. The zero-order valence-electron chi connectivity index (χ0n) is 11.3. The van der Waals surface area contributed by atoms with E-state index < -0.39 is 0 Å². The van der Waals surface area contributed by atoms with Crippen molar-refractivity contribution >= 4 is 38.2 Å². The highest BCUT2D eigenvalue weighted by molar-refractivity contribution is 9.10. The Labute approximate surface area is 131 Å². The van der Waals surface area contributed by atoms with Crippen LogP contribution in [0.1, 0.15) is 17.4 Å². The number of fused-ring (bicyclic) bond motifs is 1. The van der Waals surface area contributed by atoms with Crippen molar-refractivity contribution in [3.05, 3.63) is 56.8 Å². The van der Waals surface area contributed by atoms with E-state index in [0.29, 0.717) is 0 Å². The summed E-state index contributed by atoms with van der Waals surface area (Å²) in [6, 6.07) is 10.8. The highest BCUT2D eigenvalue weighted by Crippen LogP contribution is 2.27. The summed E-state index contributed by atoms with van der Waals surface area (Å²) in [7, 11) is 0. The number of benzene rings is 1. The molecule has 3 rings (SSSR count). The van der Waals surface area contributed by atoms with E-state index in [4.69, 9.17) is 5.73 Å². The van der Waals surface area contributed by atoms with Gasteiger partial charge in [-0.25, -0.2) is 0 Å². The van der Waals surface area contributed by atoms with Crippen molar-refractivity contribution in [2.24, 2.45) is 5.73 Å². The van der Waals surface area contributed by atoms with Gasteiger partial charge in [-0.3, -0.25) is 0 Å². The highest BCUT2D eigenvalue weighted by atomic mass is 79.9. The van der Waals surface area contributed by atoms with Crippen molar-refractivity contribution in [1.29, 1.82) is 0 Å². The van der Waals surface area contributed by atoms with E-state index in [2.05, 4.69) is 69.3 Å². The van der Waals surface area contributed by atoms with Crippen molar-refractivity contribution in [1.82, 2.24) is 4.57 Å². The molecule has 0 amide bonds. The first-order valence-electron chi connectivity index (χ1n) is 6.69. The Kier molecular flexibility index (Phi) is 3.96. The van der Waals surface area contributed by atoms with Gasteiger partial charge in [0.1, 0.15) is 0 Å². The Bertz CT molecular complexity index is 727. The zero-order valence-corrected chi connectivity index (χ0v) is 13.7. The maximum absolute atomic E-state index is 5.97. The van der Waals surface area contributed by atoms with Crippen LogP contribution < -0.4 is 5.73 Å². The van der Waals surface area contributed by atoms with Crippen LogP contribution in [0, 0.1) is 0 Å². The molecule has 2 N–H and O–H groups in total. The Balaban J connectivity index is 2.04. The molecule has 0 fully saturated rings. The largest absolute Gasteiger partial charge is 0.342 e. The van der Waals surface area contributed by atoms with Crippen LogP contribution in [0.4, 0.5) is 0 Å². The molecule has 1 aromatic carbocycles. The number of thiophene rings is 1. The second kappa shape index (κ2) is 5.72. The summed E-state index contributed by atoms with van der Waals surface area (Å²) in [6.07, 6.45) is 3.17. The summed E-state index contributed by atoms with van der Waals surface area (Å²) in [5.41, 5.74) is 8.59. The molecule has 0 spiro atoms. The van der Waals surface area contributed by atoms with E-state index in [-0.39, 0.29) is 6.04 Å². The first kappa shape index (κ1) is 13.9. The van der Waals surface area contributed by atoms with Crippen LogP contribution in [-0.4, -0.2) is 10.6 Å². The predicted octanol–water partition coefficient (Wildman–Crippen LogP) is 4.40. The standard InChI is InChI=1S/C16H17BrN2S/c1-11(18)8-12-9-19(10-16-14(17)6-7-20-16)15-5-3-2-4-13(12)15/h2-7,9,11H,8,10,18H2,1H3. The maximum atomic E-state index is 5.97. The molecule has 0 saturated heterocycles. The molecule has 3 aromatic rings. The maximum Gasteiger partial charge on any atom is 0.0580 e. The second-order valence-electron chi connectivity index (χ2n) is 5.17. The van der Waals surface area contributed by atoms with Crippen LogP contribution in [0.3, 0.4) is 0 Å². The van der Waals surface area contributed by atoms with Gasteiger partial charge in [-0.05, 0) is 52.4 Å². The highest BCUT2D eigenvalue weighted by Gasteiger charge is 2.11. The zero-order chi connectivity index (χ0) is 14.1. The van der Waals surface area contributed by atoms with Crippen molar-refractivity contribution in [3.63, 3.8) is 0 Å². The fourth-order valence-electron chi connectivity index (χ4n) is 2.56. The Morgan fingerprint density at radius 1 is 1.30 bits per heavy atom. The quantitative estimate of drug-likeness (QED) is 0.743. The first-order chi connectivity index (χ1) is 9.65. The second-order valence-corrected chi connectivity index (χ2v) is 7.03. The van der Waals surface area contributed by atoms with Gasteiger partial charge in [-0.1, -0.05) is 18.2 Å². The molecule has 1 unspecified atom stereocenters. The molecule has 4 heteroatoms. The van der Waals surface area contributed by atoms with Crippen molar-refractivity contribution < 1.29 is 0 Å². The van der Waals surface area contributed by atoms with Gasteiger partial charge in [0.05, 0.1) is 6.54 Å². The summed E-state index contributed by atoms with van der Waals surface area (Å²) >= 11 is 5.40. The molecule has 104 valence electrons. The van der Waals surface area contributed by atoms with E-state index >= 15 is 0 Å². The van der Waals surface area contributed by atoms with E-state index in [1.54, 1.807) is 11.3 Å². The number of para-hydroxylation sites is 1. The SMILES string of the molecule is CC(N)Cc1cn(Cc2sccc2Br)c2ccccc12. The molecule has 20 heavy (non-hydrogen) atoms. The van der Waals surface area contributed by atoms with E-state index in [0.717, 1.165) is 13.0 Å². The van der Waals surface area contributed by atoms with Crippen LogP contribution in [0.2, 0.25) is 0 Å². The van der Waals surface area contributed by atoms with Crippen LogP contribution in [0.25, 0.3) is 10.9 Å². The van der Waals surface area contributed by atoms with Gasteiger partial charge < -0.3 is 10.3 Å². The lowest BCUT2D eigenvalue weighted by Gasteiger charge is -2.04. The Morgan fingerprint density at radius 2 is 2.10 bits per heavy atom. The first-order valence-corrected chi connectivity index (χ1v) is 8.36. The average molecular weight is 349 g/mol. The average Bonchev–Trinajstić information content (AvgIpc) is 2.96. The van der Waals surface area contributed by atoms with E-state index in [1.807, 2.05) is 0 Å². The smallest absolute Gasteiger partial charge is 0.0580 e. The summed E-state index contributed by atoms with van der Waals surface area (Å²) in [4.78, 5) is 1.35. The lowest BCUT2D eigenvalue weighted by atomic mass is 10.1. The van der Waals surface area contributed by atoms with Crippen molar-refractivity contribution in [2.45, 2.75) is 25.9 Å². The van der Waals surface area contributed by atoms with Crippen LogP contribution in [0.5, 0.6) is 0 Å². The monoisotopic (exact) mass is 348 g/mol. The number of hydrogen-bond donors (Lipinski definition) is 1. The number of aromatic nitrogens is 1. The molecular formula is C16H17BrN2S. The number of rotatable bonds is 4. The van der Waals surface area contributed by atoms with Gasteiger partial charge in [-0.15, -0.1) is 11.3 Å². The Hall–Kier alpha value is -1.10. The fourth-order valence-corrected chi connectivity index (χ4v) is 4.03. The normalized spacial score (nSPS) is 12.9. The summed E-state index contributed by atoms with van der Waals surface area (Å²) in [5, 5.41) is 3.44. The molecule has 1 atom stereocenters. The van der Waals surface area contributed by atoms with E-state index in [1.165, 1.54) is 25.8 Å². The molecule has 2 heterocycles. The van der Waals surface area contributed by atoms with Gasteiger partial charge in [0.15, 0.2) is 0 Å². The van der Waals surface area contributed by atoms with Crippen LogP contribution in [-0.2, 0) is 13.0 Å². The molecule has 0 aliphatic rings. The van der Waals surface area contributed by atoms with Crippen LogP contribution >= 0.6 is 27.3 Å². The van der Waals surface area contributed by atoms with Gasteiger partial charge >= 0.3 is 0 Å². The van der Waals surface area contributed by atoms with Gasteiger partial charge in [0, 0.05) is 32.5 Å². The minimum Gasteiger partial charge on any atom is -0.342 e. The van der Waals surface area contributed by atoms with Gasteiger partial charge in [0.2, 0.25) is 0 Å². The van der Waals surface area contributed by atoms with Crippen molar-refractivity contribution in [2.75, 3.05) is 0 Å². The molecule has 0 saturated carbocycles. The number of hydrogen-bond acceptors (Lipinski definition) is 2. The number of nitrogens with zero attached hydrogens (tertiary/aromatic N) is 1. The third-order valence-electron chi connectivity index (χ3n) is 3.42. The lowest BCUT2D eigenvalue weighted by Crippen LogP contribution is -2.17. The predicted molar refractivity (Wildman–Crippen MR) is 90.4 cm³/mol. The molecule has 0 aliphatic carbocycles. The molecule has 2 aromatic heterocycles.